The van der Waals surface area contributed by atoms with Gasteiger partial charge in [-0.05, 0) is 31.7 Å². The number of hydrogen-bond donors (Lipinski definition) is 1. The van der Waals surface area contributed by atoms with Crippen molar-refractivity contribution in [1.29, 1.82) is 0 Å². The number of hydrogen-bond acceptors (Lipinski definition) is 2. The lowest BCUT2D eigenvalue weighted by molar-refractivity contribution is 0.147. The maximum Gasteiger partial charge on any atom is 0.0459 e. The molecule has 0 bridgehead atoms. The van der Waals surface area contributed by atoms with E-state index in [1.165, 1.54) is 48.3 Å². The molecule has 96 valence electrons. The predicted molar refractivity (Wildman–Crippen MR) is 75.8 cm³/mol. The Hall–Kier alpha value is -1.32. The van der Waals surface area contributed by atoms with Gasteiger partial charge in [0.05, 0.1) is 0 Å². The SMILES string of the molecule is Cc1cccc2[nH]c(CN3CCN(C)CC3)cc12. The second kappa shape index (κ2) is 4.75. The van der Waals surface area contributed by atoms with Crippen LogP contribution in [0.15, 0.2) is 24.3 Å². The molecule has 0 saturated carbocycles. The Morgan fingerprint density at radius 1 is 1.17 bits per heavy atom. The summed E-state index contributed by atoms with van der Waals surface area (Å²) in [6, 6.07) is 8.77. The molecule has 1 aliphatic rings. The van der Waals surface area contributed by atoms with Crippen LogP contribution in [0.4, 0.5) is 0 Å². The number of piperazine rings is 1. The quantitative estimate of drug-likeness (QED) is 0.874. The molecule has 3 heteroatoms. The van der Waals surface area contributed by atoms with E-state index in [9.17, 15) is 0 Å². The van der Waals surface area contributed by atoms with Crippen molar-refractivity contribution in [3.8, 4) is 0 Å². The molecule has 1 fully saturated rings. The number of likely N-dealkylation sites (N-methyl/N-ethyl adjacent to an activating group) is 1. The maximum atomic E-state index is 3.54. The first kappa shape index (κ1) is 11.8. The molecule has 1 aromatic heterocycles. The van der Waals surface area contributed by atoms with Gasteiger partial charge in [0, 0.05) is 49.3 Å². The maximum absolute atomic E-state index is 3.54. The van der Waals surface area contributed by atoms with Gasteiger partial charge in [-0.25, -0.2) is 0 Å². The highest BCUT2D eigenvalue weighted by Crippen LogP contribution is 2.20. The molecular formula is C15H21N3. The van der Waals surface area contributed by atoms with Crippen molar-refractivity contribution in [2.75, 3.05) is 33.2 Å². The lowest BCUT2D eigenvalue weighted by Crippen LogP contribution is -2.43. The van der Waals surface area contributed by atoms with Crippen molar-refractivity contribution >= 4 is 10.9 Å². The highest BCUT2D eigenvalue weighted by Gasteiger charge is 2.14. The Balaban J connectivity index is 1.77. The standard InChI is InChI=1S/C15H21N3/c1-12-4-3-5-15-14(12)10-13(16-15)11-18-8-6-17(2)7-9-18/h3-5,10,16H,6-9,11H2,1-2H3. The van der Waals surface area contributed by atoms with Crippen molar-refractivity contribution in [1.82, 2.24) is 14.8 Å². The molecule has 0 aliphatic carbocycles. The fourth-order valence-electron chi connectivity index (χ4n) is 2.70. The van der Waals surface area contributed by atoms with E-state index in [1.54, 1.807) is 0 Å². The van der Waals surface area contributed by atoms with Crippen LogP contribution in [0.2, 0.25) is 0 Å². The Labute approximate surface area is 108 Å². The second-order valence-corrected chi connectivity index (χ2v) is 5.41. The lowest BCUT2D eigenvalue weighted by Gasteiger charge is -2.31. The number of nitrogens with one attached hydrogen (secondary N) is 1. The van der Waals surface area contributed by atoms with Crippen molar-refractivity contribution in [3.63, 3.8) is 0 Å². The molecule has 1 saturated heterocycles. The zero-order valence-electron chi connectivity index (χ0n) is 11.2. The molecule has 1 N–H and O–H groups in total. The summed E-state index contributed by atoms with van der Waals surface area (Å²) in [5, 5.41) is 1.36. The molecule has 0 amide bonds. The largest absolute Gasteiger partial charge is 0.357 e. The summed E-state index contributed by atoms with van der Waals surface area (Å²) < 4.78 is 0. The van der Waals surface area contributed by atoms with E-state index in [2.05, 4.69) is 53.0 Å². The Morgan fingerprint density at radius 2 is 1.94 bits per heavy atom. The Bertz CT molecular complexity index is 536. The number of H-pyrrole nitrogens is 1. The number of rotatable bonds is 2. The van der Waals surface area contributed by atoms with Gasteiger partial charge in [0.15, 0.2) is 0 Å². The summed E-state index contributed by atoms with van der Waals surface area (Å²) in [7, 11) is 2.20. The van der Waals surface area contributed by atoms with Crippen LogP contribution in [0.1, 0.15) is 11.3 Å². The van der Waals surface area contributed by atoms with Crippen molar-refractivity contribution < 1.29 is 0 Å². The van der Waals surface area contributed by atoms with Crippen LogP contribution in [0.25, 0.3) is 10.9 Å². The Morgan fingerprint density at radius 3 is 2.67 bits per heavy atom. The van der Waals surface area contributed by atoms with Crippen LogP contribution in [0.3, 0.4) is 0 Å². The average Bonchev–Trinajstić information content (AvgIpc) is 2.76. The number of fused-ring (bicyclic) bond motifs is 1. The molecule has 0 atom stereocenters. The van der Waals surface area contributed by atoms with Gasteiger partial charge in [-0.1, -0.05) is 12.1 Å². The molecule has 0 unspecified atom stereocenters. The van der Waals surface area contributed by atoms with E-state index >= 15 is 0 Å². The molecule has 3 nitrogen and oxygen atoms in total. The molecule has 1 aliphatic heterocycles. The number of aromatic amines is 1. The lowest BCUT2D eigenvalue weighted by atomic mass is 10.1. The van der Waals surface area contributed by atoms with E-state index in [1.807, 2.05) is 0 Å². The summed E-state index contributed by atoms with van der Waals surface area (Å²) in [4.78, 5) is 8.46. The normalized spacial score (nSPS) is 18.6. The van der Waals surface area contributed by atoms with Gasteiger partial charge in [0.1, 0.15) is 0 Å². The number of benzene rings is 1. The van der Waals surface area contributed by atoms with Gasteiger partial charge < -0.3 is 9.88 Å². The van der Waals surface area contributed by atoms with E-state index < -0.39 is 0 Å². The first-order valence-electron chi connectivity index (χ1n) is 6.70. The van der Waals surface area contributed by atoms with Crippen LogP contribution >= 0.6 is 0 Å². The Kier molecular flexibility index (Phi) is 3.10. The van der Waals surface area contributed by atoms with E-state index in [0.29, 0.717) is 0 Å². The van der Waals surface area contributed by atoms with Gasteiger partial charge in [-0.2, -0.15) is 0 Å². The van der Waals surface area contributed by atoms with Gasteiger partial charge >= 0.3 is 0 Å². The molecule has 0 radical (unpaired) electrons. The third-order valence-corrected chi connectivity index (χ3v) is 3.93. The molecule has 2 aromatic rings. The van der Waals surface area contributed by atoms with Crippen LogP contribution in [0.5, 0.6) is 0 Å². The fraction of sp³-hybridized carbons (Fsp3) is 0.467. The summed E-state index contributed by atoms with van der Waals surface area (Å²) >= 11 is 0. The van der Waals surface area contributed by atoms with Crippen LogP contribution in [-0.2, 0) is 6.54 Å². The second-order valence-electron chi connectivity index (χ2n) is 5.41. The van der Waals surface area contributed by atoms with Crippen LogP contribution < -0.4 is 0 Å². The highest BCUT2D eigenvalue weighted by molar-refractivity contribution is 5.83. The minimum Gasteiger partial charge on any atom is -0.357 e. The van der Waals surface area contributed by atoms with Crippen molar-refractivity contribution in [3.05, 3.63) is 35.5 Å². The third-order valence-electron chi connectivity index (χ3n) is 3.93. The predicted octanol–water partition coefficient (Wildman–Crippen LogP) is 2.22. The fourth-order valence-corrected chi connectivity index (χ4v) is 2.70. The van der Waals surface area contributed by atoms with Gasteiger partial charge in [0.2, 0.25) is 0 Å². The van der Waals surface area contributed by atoms with Gasteiger partial charge in [-0.15, -0.1) is 0 Å². The van der Waals surface area contributed by atoms with E-state index in [-0.39, 0.29) is 0 Å². The monoisotopic (exact) mass is 243 g/mol. The number of aryl methyl sites for hydroxylation is 1. The first-order valence-corrected chi connectivity index (χ1v) is 6.70. The first-order chi connectivity index (χ1) is 8.72. The summed E-state index contributed by atoms with van der Waals surface area (Å²) in [5.41, 5.74) is 3.95. The number of nitrogens with zero attached hydrogens (tertiary/aromatic N) is 2. The average molecular weight is 243 g/mol. The molecule has 18 heavy (non-hydrogen) atoms. The van der Waals surface area contributed by atoms with E-state index in [0.717, 1.165) is 6.54 Å². The molecule has 1 aromatic carbocycles. The molecule has 0 spiro atoms. The zero-order chi connectivity index (χ0) is 12.5. The zero-order valence-corrected chi connectivity index (χ0v) is 11.2. The van der Waals surface area contributed by atoms with Crippen molar-refractivity contribution in [2.24, 2.45) is 0 Å². The van der Waals surface area contributed by atoms with Gasteiger partial charge in [0.25, 0.3) is 0 Å². The minimum atomic E-state index is 1.04. The topological polar surface area (TPSA) is 22.3 Å². The smallest absolute Gasteiger partial charge is 0.0459 e. The van der Waals surface area contributed by atoms with E-state index in [4.69, 9.17) is 0 Å². The van der Waals surface area contributed by atoms with Crippen LogP contribution in [-0.4, -0.2) is 48.0 Å². The molecule has 2 heterocycles. The number of aromatic nitrogens is 1. The summed E-state index contributed by atoms with van der Waals surface area (Å²) in [6.45, 7) is 7.92. The van der Waals surface area contributed by atoms with Crippen molar-refractivity contribution in [2.45, 2.75) is 13.5 Å². The van der Waals surface area contributed by atoms with Crippen LogP contribution in [0, 0.1) is 6.92 Å². The highest BCUT2D eigenvalue weighted by atomic mass is 15.2. The minimum absolute atomic E-state index is 1.04. The molecular weight excluding hydrogens is 222 g/mol. The summed E-state index contributed by atoms with van der Waals surface area (Å²) in [6.07, 6.45) is 0. The summed E-state index contributed by atoms with van der Waals surface area (Å²) in [5.74, 6) is 0. The third kappa shape index (κ3) is 2.28. The van der Waals surface area contributed by atoms with Gasteiger partial charge in [-0.3, -0.25) is 4.90 Å². The molecule has 3 rings (SSSR count).